The van der Waals surface area contributed by atoms with Gasteiger partial charge in [0, 0.05) is 5.69 Å². The van der Waals surface area contributed by atoms with Crippen LogP contribution in [0.3, 0.4) is 0 Å². The van der Waals surface area contributed by atoms with Crippen molar-refractivity contribution in [3.05, 3.63) is 58.1 Å². The topological polar surface area (TPSA) is 76.7 Å². The zero-order chi connectivity index (χ0) is 15.2. The standard InChI is InChI=1S/C15H14BrN3O2/c1-21-14-7-6-10(8-12(14)16)9-18-19-15(20)11-4-2-3-5-13(11)17/h2-9H,17H2,1H3,(H,19,20)/b18-9-. The number of hydrazone groups is 1. The molecule has 0 radical (unpaired) electrons. The third kappa shape index (κ3) is 3.82. The molecule has 108 valence electrons. The fraction of sp³-hybridized carbons (Fsp3) is 0.0667. The van der Waals surface area contributed by atoms with Gasteiger partial charge in [0.1, 0.15) is 5.75 Å². The van der Waals surface area contributed by atoms with E-state index >= 15 is 0 Å². The van der Waals surface area contributed by atoms with E-state index in [1.54, 1.807) is 37.6 Å². The number of para-hydroxylation sites is 1. The number of carbonyl (C=O) groups is 1. The molecule has 2 aromatic rings. The minimum atomic E-state index is -0.350. The Bertz CT molecular complexity index is 686. The number of halogens is 1. The second kappa shape index (κ2) is 6.90. The van der Waals surface area contributed by atoms with E-state index in [1.807, 2.05) is 18.2 Å². The van der Waals surface area contributed by atoms with Crippen molar-refractivity contribution in [2.45, 2.75) is 0 Å². The molecule has 0 bridgehead atoms. The number of carbonyl (C=O) groups excluding carboxylic acids is 1. The Balaban J connectivity index is 2.04. The van der Waals surface area contributed by atoms with Crippen LogP contribution < -0.4 is 15.9 Å². The van der Waals surface area contributed by atoms with Crippen molar-refractivity contribution in [3.8, 4) is 5.75 Å². The van der Waals surface area contributed by atoms with Crippen molar-refractivity contribution >= 4 is 33.7 Å². The SMILES string of the molecule is COc1ccc(/C=N\NC(=O)c2ccccc2N)cc1Br. The zero-order valence-corrected chi connectivity index (χ0v) is 12.9. The molecule has 1 amide bonds. The number of benzene rings is 2. The van der Waals surface area contributed by atoms with Gasteiger partial charge in [-0.2, -0.15) is 5.10 Å². The van der Waals surface area contributed by atoms with Crippen molar-refractivity contribution in [1.82, 2.24) is 5.43 Å². The Kier molecular flexibility index (Phi) is 4.94. The minimum Gasteiger partial charge on any atom is -0.496 e. The maximum Gasteiger partial charge on any atom is 0.273 e. The summed E-state index contributed by atoms with van der Waals surface area (Å²) in [7, 11) is 1.60. The van der Waals surface area contributed by atoms with Crippen LogP contribution >= 0.6 is 15.9 Å². The van der Waals surface area contributed by atoms with E-state index in [4.69, 9.17) is 10.5 Å². The summed E-state index contributed by atoms with van der Waals surface area (Å²) in [6.07, 6.45) is 1.54. The summed E-state index contributed by atoms with van der Waals surface area (Å²) in [5.41, 5.74) is 9.80. The van der Waals surface area contributed by atoms with E-state index in [0.29, 0.717) is 11.3 Å². The molecule has 0 spiro atoms. The predicted molar refractivity (Wildman–Crippen MR) is 86.6 cm³/mol. The van der Waals surface area contributed by atoms with E-state index in [-0.39, 0.29) is 5.91 Å². The molecule has 0 aliphatic rings. The monoisotopic (exact) mass is 347 g/mol. The summed E-state index contributed by atoms with van der Waals surface area (Å²) >= 11 is 3.38. The van der Waals surface area contributed by atoms with Gasteiger partial charge in [0.2, 0.25) is 0 Å². The highest BCUT2D eigenvalue weighted by Crippen LogP contribution is 2.24. The van der Waals surface area contributed by atoms with Crippen LogP contribution in [0.4, 0.5) is 5.69 Å². The first-order valence-corrected chi connectivity index (χ1v) is 6.92. The summed E-state index contributed by atoms with van der Waals surface area (Å²) in [6.45, 7) is 0. The number of nitrogens with zero attached hydrogens (tertiary/aromatic N) is 1. The molecule has 3 N–H and O–H groups in total. The van der Waals surface area contributed by atoms with Crippen LogP contribution in [0, 0.1) is 0 Å². The number of nitrogens with two attached hydrogens (primary N) is 1. The molecule has 2 aromatic carbocycles. The van der Waals surface area contributed by atoms with Crippen molar-refractivity contribution in [2.24, 2.45) is 5.10 Å². The summed E-state index contributed by atoms with van der Waals surface area (Å²) in [5.74, 6) is 0.380. The van der Waals surface area contributed by atoms with Crippen LogP contribution in [0.2, 0.25) is 0 Å². The lowest BCUT2D eigenvalue weighted by atomic mass is 10.2. The number of ether oxygens (including phenoxy) is 1. The van der Waals surface area contributed by atoms with Crippen LogP contribution in [0.1, 0.15) is 15.9 Å². The number of rotatable bonds is 4. The first kappa shape index (κ1) is 15.1. The number of nitrogen functional groups attached to an aromatic ring is 1. The first-order chi connectivity index (χ1) is 10.1. The van der Waals surface area contributed by atoms with Gasteiger partial charge < -0.3 is 10.5 Å². The average Bonchev–Trinajstić information content (AvgIpc) is 2.48. The molecule has 5 nitrogen and oxygen atoms in total. The van der Waals surface area contributed by atoms with Gasteiger partial charge in [-0.3, -0.25) is 4.79 Å². The number of hydrogen-bond acceptors (Lipinski definition) is 4. The summed E-state index contributed by atoms with van der Waals surface area (Å²) in [6, 6.07) is 12.3. The minimum absolute atomic E-state index is 0.350. The largest absolute Gasteiger partial charge is 0.496 e. The molecule has 0 unspecified atom stereocenters. The molecule has 0 aliphatic heterocycles. The highest BCUT2D eigenvalue weighted by molar-refractivity contribution is 9.10. The number of amides is 1. The Labute approximate surface area is 130 Å². The van der Waals surface area contributed by atoms with Gasteiger partial charge in [-0.05, 0) is 51.8 Å². The molecule has 0 saturated heterocycles. The Morgan fingerprint density at radius 2 is 2.10 bits per heavy atom. The fourth-order valence-electron chi connectivity index (χ4n) is 1.69. The molecule has 2 rings (SSSR count). The summed E-state index contributed by atoms with van der Waals surface area (Å²) in [4.78, 5) is 11.9. The van der Waals surface area contributed by atoms with Gasteiger partial charge in [0.15, 0.2) is 0 Å². The van der Waals surface area contributed by atoms with Crippen LogP contribution in [0.15, 0.2) is 52.0 Å². The molecular formula is C15H14BrN3O2. The van der Waals surface area contributed by atoms with Crippen LogP contribution in [0.5, 0.6) is 5.75 Å². The molecule has 0 heterocycles. The molecule has 0 atom stereocenters. The highest BCUT2D eigenvalue weighted by atomic mass is 79.9. The lowest BCUT2D eigenvalue weighted by Crippen LogP contribution is -2.18. The molecule has 0 aromatic heterocycles. The lowest BCUT2D eigenvalue weighted by molar-refractivity contribution is 0.0956. The first-order valence-electron chi connectivity index (χ1n) is 6.13. The molecule has 0 fully saturated rings. The zero-order valence-electron chi connectivity index (χ0n) is 11.3. The average molecular weight is 348 g/mol. The van der Waals surface area contributed by atoms with E-state index in [9.17, 15) is 4.79 Å². The van der Waals surface area contributed by atoms with Gasteiger partial charge in [0.25, 0.3) is 5.91 Å². The number of anilines is 1. The van der Waals surface area contributed by atoms with Crippen molar-refractivity contribution < 1.29 is 9.53 Å². The van der Waals surface area contributed by atoms with Crippen LogP contribution in [0.25, 0.3) is 0 Å². The molecule has 21 heavy (non-hydrogen) atoms. The van der Waals surface area contributed by atoms with Crippen LogP contribution in [-0.4, -0.2) is 19.2 Å². The summed E-state index contributed by atoms with van der Waals surface area (Å²) in [5, 5.41) is 3.91. The van der Waals surface area contributed by atoms with Gasteiger partial charge in [-0.25, -0.2) is 5.43 Å². The molecule has 0 aliphatic carbocycles. The third-order valence-corrected chi connectivity index (χ3v) is 3.38. The Hall–Kier alpha value is -2.34. The highest BCUT2D eigenvalue weighted by Gasteiger charge is 2.07. The molecular weight excluding hydrogens is 334 g/mol. The second-order valence-electron chi connectivity index (χ2n) is 4.18. The molecule has 0 saturated carbocycles. The maximum absolute atomic E-state index is 11.9. The Morgan fingerprint density at radius 3 is 2.76 bits per heavy atom. The van der Waals surface area contributed by atoms with Gasteiger partial charge in [-0.15, -0.1) is 0 Å². The number of nitrogens with one attached hydrogen (secondary N) is 1. The normalized spacial score (nSPS) is 10.6. The molecule has 6 heteroatoms. The summed E-state index contributed by atoms with van der Waals surface area (Å²) < 4.78 is 5.95. The van der Waals surface area contributed by atoms with Crippen molar-refractivity contribution in [3.63, 3.8) is 0 Å². The van der Waals surface area contributed by atoms with E-state index < -0.39 is 0 Å². The maximum atomic E-state index is 11.9. The Morgan fingerprint density at radius 1 is 1.33 bits per heavy atom. The third-order valence-electron chi connectivity index (χ3n) is 2.76. The predicted octanol–water partition coefficient (Wildman–Crippen LogP) is 2.80. The van der Waals surface area contributed by atoms with Gasteiger partial charge >= 0.3 is 0 Å². The van der Waals surface area contributed by atoms with E-state index in [2.05, 4.69) is 26.5 Å². The number of methoxy groups -OCH3 is 1. The van der Waals surface area contributed by atoms with Crippen LogP contribution in [-0.2, 0) is 0 Å². The van der Waals surface area contributed by atoms with Gasteiger partial charge in [0.05, 0.1) is 23.4 Å². The van der Waals surface area contributed by atoms with E-state index in [1.165, 1.54) is 0 Å². The van der Waals surface area contributed by atoms with Crippen molar-refractivity contribution in [1.29, 1.82) is 0 Å². The smallest absolute Gasteiger partial charge is 0.273 e. The fourth-order valence-corrected chi connectivity index (χ4v) is 2.25. The van der Waals surface area contributed by atoms with E-state index in [0.717, 1.165) is 15.8 Å². The van der Waals surface area contributed by atoms with Crippen molar-refractivity contribution in [2.75, 3.05) is 12.8 Å². The van der Waals surface area contributed by atoms with Gasteiger partial charge in [-0.1, -0.05) is 12.1 Å². The lowest BCUT2D eigenvalue weighted by Gasteiger charge is -2.04. The quantitative estimate of drug-likeness (QED) is 0.507. The number of hydrogen-bond donors (Lipinski definition) is 2. The second-order valence-corrected chi connectivity index (χ2v) is 5.03.